The van der Waals surface area contributed by atoms with Crippen molar-refractivity contribution in [2.45, 2.75) is 13.3 Å². The fourth-order valence-corrected chi connectivity index (χ4v) is 1.55. The molecule has 0 aromatic carbocycles. The maximum atomic E-state index is 12.1. The van der Waals surface area contributed by atoms with Gasteiger partial charge in [-0.2, -0.15) is 0 Å². The molecule has 1 aromatic heterocycles. The lowest BCUT2D eigenvalue weighted by molar-refractivity contribution is -0.275. The second kappa shape index (κ2) is 4.28. The largest absolute Gasteiger partial charge is 0.573 e. The van der Waals surface area contributed by atoms with Crippen LogP contribution in [0.3, 0.4) is 0 Å². The molecule has 88 valence electrons. The van der Waals surface area contributed by atoms with Gasteiger partial charge in [-0.1, -0.05) is 0 Å². The molecular formula is C8H6BrF3N2O2. The molecule has 1 amide bonds. The summed E-state index contributed by atoms with van der Waals surface area (Å²) in [5.74, 6) is -1.70. The number of rotatable bonds is 2. The van der Waals surface area contributed by atoms with Crippen LogP contribution in [0.2, 0.25) is 0 Å². The molecule has 4 nitrogen and oxygen atoms in total. The molecule has 0 saturated carbocycles. The molecule has 0 unspecified atom stereocenters. The summed E-state index contributed by atoms with van der Waals surface area (Å²) >= 11 is 2.94. The van der Waals surface area contributed by atoms with Crippen LogP contribution in [-0.4, -0.2) is 17.3 Å². The summed E-state index contributed by atoms with van der Waals surface area (Å²) in [4.78, 5) is 14.6. The van der Waals surface area contributed by atoms with Crippen molar-refractivity contribution in [3.63, 3.8) is 0 Å². The number of nitrogens with two attached hydrogens (primary N) is 1. The summed E-state index contributed by atoms with van der Waals surface area (Å²) < 4.78 is 40.1. The number of carbonyl (C=O) groups excluding carboxylic acids is 1. The third-order valence-corrected chi connectivity index (χ3v) is 2.00. The van der Waals surface area contributed by atoms with Gasteiger partial charge in [-0.25, -0.2) is 4.98 Å². The molecule has 0 radical (unpaired) electrons. The Labute approximate surface area is 96.7 Å². The summed E-state index contributed by atoms with van der Waals surface area (Å²) in [6, 6.07) is 1.07. The molecule has 0 bridgehead atoms. The number of halogens is 4. The lowest BCUT2D eigenvalue weighted by Gasteiger charge is -2.13. The first-order valence-corrected chi connectivity index (χ1v) is 4.72. The van der Waals surface area contributed by atoms with Crippen molar-refractivity contribution < 1.29 is 22.7 Å². The fourth-order valence-electron chi connectivity index (χ4n) is 1.05. The maximum Gasteiger partial charge on any atom is 0.573 e. The van der Waals surface area contributed by atoms with Gasteiger partial charge in [0.05, 0.1) is 11.3 Å². The third kappa shape index (κ3) is 3.09. The maximum absolute atomic E-state index is 12.1. The van der Waals surface area contributed by atoms with E-state index < -0.39 is 18.0 Å². The molecule has 0 atom stereocenters. The fraction of sp³-hybridized carbons (Fsp3) is 0.250. The van der Waals surface area contributed by atoms with Crippen LogP contribution in [0.15, 0.2) is 10.7 Å². The van der Waals surface area contributed by atoms with Gasteiger partial charge in [-0.05, 0) is 28.9 Å². The molecule has 2 N–H and O–H groups in total. The van der Waals surface area contributed by atoms with Crippen LogP contribution in [0.25, 0.3) is 0 Å². The molecule has 0 spiro atoms. The number of pyridine rings is 1. The number of ether oxygens (including phenoxy) is 1. The molecule has 0 aliphatic heterocycles. The van der Waals surface area contributed by atoms with E-state index in [-0.39, 0.29) is 15.9 Å². The minimum atomic E-state index is -4.90. The molecule has 1 heterocycles. The van der Waals surface area contributed by atoms with Gasteiger partial charge in [-0.3, -0.25) is 4.79 Å². The van der Waals surface area contributed by atoms with Crippen molar-refractivity contribution in [2.75, 3.05) is 0 Å². The van der Waals surface area contributed by atoms with Gasteiger partial charge >= 0.3 is 6.36 Å². The smallest absolute Gasteiger partial charge is 0.403 e. The van der Waals surface area contributed by atoms with Crippen LogP contribution in [0, 0.1) is 6.92 Å². The number of aromatic nitrogens is 1. The van der Waals surface area contributed by atoms with Crippen LogP contribution in [0.1, 0.15) is 16.1 Å². The van der Waals surface area contributed by atoms with Gasteiger partial charge in [0.2, 0.25) is 0 Å². The Morgan fingerprint density at radius 1 is 1.56 bits per heavy atom. The van der Waals surface area contributed by atoms with Crippen LogP contribution in [0.5, 0.6) is 5.75 Å². The molecule has 0 aliphatic carbocycles. The summed E-state index contributed by atoms with van der Waals surface area (Å²) in [6.45, 7) is 1.28. The predicted molar refractivity (Wildman–Crippen MR) is 51.9 cm³/mol. The number of hydrogen-bond donors (Lipinski definition) is 1. The SMILES string of the molecule is Cc1nc(Br)cc(C(N)=O)c1OC(F)(F)F. The van der Waals surface area contributed by atoms with Crippen LogP contribution >= 0.6 is 15.9 Å². The first kappa shape index (κ1) is 12.8. The van der Waals surface area contributed by atoms with Gasteiger partial charge in [0.25, 0.3) is 5.91 Å². The number of nitrogens with zero attached hydrogens (tertiary/aromatic N) is 1. The molecule has 0 fully saturated rings. The molecule has 0 aliphatic rings. The van der Waals surface area contributed by atoms with E-state index in [1.54, 1.807) is 0 Å². The Balaban J connectivity index is 3.30. The van der Waals surface area contributed by atoms with Crippen LogP contribution < -0.4 is 10.5 Å². The van der Waals surface area contributed by atoms with Gasteiger partial charge in [0.1, 0.15) is 4.60 Å². The van der Waals surface area contributed by atoms with E-state index in [1.165, 1.54) is 6.92 Å². The van der Waals surface area contributed by atoms with Crippen molar-refractivity contribution in [2.24, 2.45) is 5.73 Å². The first-order chi connectivity index (χ1) is 7.20. The van der Waals surface area contributed by atoms with Gasteiger partial charge < -0.3 is 10.5 Å². The third-order valence-electron chi connectivity index (χ3n) is 1.59. The Hall–Kier alpha value is -1.31. The highest BCUT2D eigenvalue weighted by molar-refractivity contribution is 9.10. The van der Waals surface area contributed by atoms with E-state index in [1.807, 2.05) is 0 Å². The molecule has 1 rings (SSSR count). The molecule has 8 heteroatoms. The minimum Gasteiger partial charge on any atom is -0.403 e. The summed E-state index contributed by atoms with van der Waals surface area (Å²) in [5, 5.41) is 0. The number of aryl methyl sites for hydroxylation is 1. The highest BCUT2D eigenvalue weighted by Crippen LogP contribution is 2.30. The Morgan fingerprint density at radius 3 is 2.56 bits per heavy atom. The van der Waals surface area contributed by atoms with E-state index in [0.717, 1.165) is 6.07 Å². The first-order valence-electron chi connectivity index (χ1n) is 3.93. The molecular weight excluding hydrogens is 293 g/mol. The number of carbonyl (C=O) groups is 1. The Bertz CT molecular complexity index is 434. The number of primary amides is 1. The summed E-state index contributed by atoms with van der Waals surface area (Å²) in [7, 11) is 0. The lowest BCUT2D eigenvalue weighted by atomic mass is 10.2. The van der Waals surface area contributed by atoms with Gasteiger partial charge in [0.15, 0.2) is 5.75 Å². The van der Waals surface area contributed by atoms with Gasteiger partial charge in [-0.15, -0.1) is 13.2 Å². The second-order valence-corrected chi connectivity index (χ2v) is 3.63. The standard InChI is InChI=1S/C8H6BrF3N2O2/c1-3-6(16-8(10,11)12)4(7(13)15)2-5(9)14-3/h2H,1H3,(H2,13,15). The normalized spacial score (nSPS) is 11.3. The van der Waals surface area contributed by atoms with E-state index >= 15 is 0 Å². The summed E-state index contributed by atoms with van der Waals surface area (Å²) in [6.07, 6.45) is -4.90. The van der Waals surface area contributed by atoms with Crippen molar-refractivity contribution in [1.82, 2.24) is 4.98 Å². The van der Waals surface area contributed by atoms with Crippen molar-refractivity contribution in [3.8, 4) is 5.75 Å². The van der Waals surface area contributed by atoms with Crippen LogP contribution in [-0.2, 0) is 0 Å². The molecule has 0 saturated heterocycles. The highest BCUT2D eigenvalue weighted by Gasteiger charge is 2.34. The zero-order chi connectivity index (χ0) is 12.5. The molecule has 1 aromatic rings. The van der Waals surface area contributed by atoms with E-state index in [4.69, 9.17) is 5.73 Å². The quantitative estimate of drug-likeness (QED) is 0.851. The average molecular weight is 299 g/mol. The minimum absolute atomic E-state index is 0.0829. The number of hydrogen-bond acceptors (Lipinski definition) is 3. The topological polar surface area (TPSA) is 65.2 Å². The second-order valence-electron chi connectivity index (χ2n) is 2.82. The van der Waals surface area contributed by atoms with Crippen LogP contribution in [0.4, 0.5) is 13.2 Å². The van der Waals surface area contributed by atoms with Crippen molar-refractivity contribution >= 4 is 21.8 Å². The monoisotopic (exact) mass is 298 g/mol. The van der Waals surface area contributed by atoms with E-state index in [9.17, 15) is 18.0 Å². The lowest BCUT2D eigenvalue weighted by Crippen LogP contribution is -2.22. The number of alkyl halides is 3. The highest BCUT2D eigenvalue weighted by atomic mass is 79.9. The van der Waals surface area contributed by atoms with Crippen molar-refractivity contribution in [1.29, 1.82) is 0 Å². The average Bonchev–Trinajstić information content (AvgIpc) is 2.07. The number of amides is 1. The van der Waals surface area contributed by atoms with Gasteiger partial charge in [0, 0.05) is 0 Å². The Kier molecular flexibility index (Phi) is 3.41. The summed E-state index contributed by atoms with van der Waals surface area (Å²) in [5.41, 5.74) is 4.48. The predicted octanol–water partition coefficient (Wildman–Crippen LogP) is 2.15. The Morgan fingerprint density at radius 2 is 2.12 bits per heavy atom. The van der Waals surface area contributed by atoms with E-state index in [0.29, 0.717) is 0 Å². The zero-order valence-electron chi connectivity index (χ0n) is 7.93. The van der Waals surface area contributed by atoms with E-state index in [2.05, 4.69) is 25.7 Å². The molecule has 16 heavy (non-hydrogen) atoms. The zero-order valence-corrected chi connectivity index (χ0v) is 9.52. The van der Waals surface area contributed by atoms with Crippen molar-refractivity contribution in [3.05, 3.63) is 21.9 Å².